The minimum atomic E-state index is -0.162. The van der Waals surface area contributed by atoms with Crippen LogP contribution in [-0.2, 0) is 30.6 Å². The molecule has 0 saturated heterocycles. The predicted molar refractivity (Wildman–Crippen MR) is 136 cm³/mol. The molecular weight excluding hydrogens is 438 g/mol. The van der Waals surface area contributed by atoms with Gasteiger partial charge in [-0.25, -0.2) is 4.98 Å². The van der Waals surface area contributed by atoms with Crippen molar-refractivity contribution in [1.29, 1.82) is 0 Å². The maximum Gasteiger partial charge on any atom is 0.224 e. The molecule has 6 heteroatoms. The van der Waals surface area contributed by atoms with Crippen LogP contribution >= 0.6 is 24.2 Å². The summed E-state index contributed by atoms with van der Waals surface area (Å²) in [5.74, 6) is 1.39. The van der Waals surface area contributed by atoms with Gasteiger partial charge in [-0.05, 0) is 24.0 Å². The fraction of sp³-hybridized carbons (Fsp3) is 0.385. The highest BCUT2D eigenvalue weighted by Crippen LogP contribution is 2.21. The van der Waals surface area contributed by atoms with E-state index in [9.17, 15) is 4.79 Å². The molecule has 1 atom stereocenters. The lowest BCUT2D eigenvalue weighted by Gasteiger charge is -2.16. The third-order valence-electron chi connectivity index (χ3n) is 5.62. The molecule has 1 N–H and O–H groups in total. The molecule has 1 unspecified atom stereocenters. The first-order valence-corrected chi connectivity index (χ1v) is 12.3. The summed E-state index contributed by atoms with van der Waals surface area (Å²) in [5.41, 5.74) is 3.33. The summed E-state index contributed by atoms with van der Waals surface area (Å²) in [6, 6.07) is 20.4. The zero-order valence-electron chi connectivity index (χ0n) is 18.6. The Morgan fingerprint density at radius 3 is 2.34 bits per heavy atom. The van der Waals surface area contributed by atoms with E-state index in [2.05, 4.69) is 46.6 Å². The van der Waals surface area contributed by atoms with Crippen LogP contribution in [-0.4, -0.2) is 27.8 Å². The minimum absolute atomic E-state index is 0.0281. The van der Waals surface area contributed by atoms with Crippen LogP contribution in [0.3, 0.4) is 0 Å². The van der Waals surface area contributed by atoms with Crippen LogP contribution in [0.25, 0.3) is 0 Å². The maximum atomic E-state index is 12.8. The lowest BCUT2D eigenvalue weighted by atomic mass is 10.0. The van der Waals surface area contributed by atoms with Crippen LogP contribution in [0.15, 0.2) is 60.7 Å². The summed E-state index contributed by atoms with van der Waals surface area (Å²) < 4.78 is 2.22. The van der Waals surface area contributed by atoms with Crippen molar-refractivity contribution in [2.45, 2.75) is 45.6 Å². The Balaban J connectivity index is 1.66. The number of nitrogens with zero attached hydrogens (tertiary/aromatic N) is 2. The van der Waals surface area contributed by atoms with E-state index < -0.39 is 0 Å². The van der Waals surface area contributed by atoms with Crippen molar-refractivity contribution in [3.63, 3.8) is 0 Å². The van der Waals surface area contributed by atoms with Gasteiger partial charge in [-0.2, -0.15) is 12.6 Å². The van der Waals surface area contributed by atoms with E-state index in [-0.39, 0.29) is 11.8 Å². The average molecular weight is 470 g/mol. The highest BCUT2D eigenvalue weighted by atomic mass is 35.5. The number of carbonyl (C=O) groups excluding carboxylic acids is 1. The maximum absolute atomic E-state index is 12.8. The van der Waals surface area contributed by atoms with Gasteiger partial charge in [0.2, 0.25) is 5.91 Å². The first-order chi connectivity index (χ1) is 15.6. The molecule has 0 fully saturated rings. The number of halogens is 1. The van der Waals surface area contributed by atoms with E-state index in [1.54, 1.807) is 0 Å². The number of thiol groups is 1. The molecule has 0 bridgehead atoms. The molecule has 1 heterocycles. The van der Waals surface area contributed by atoms with Crippen LogP contribution in [0.2, 0.25) is 5.15 Å². The van der Waals surface area contributed by atoms with Crippen molar-refractivity contribution in [2.24, 2.45) is 5.92 Å². The van der Waals surface area contributed by atoms with Gasteiger partial charge >= 0.3 is 0 Å². The Labute approximate surface area is 201 Å². The van der Waals surface area contributed by atoms with E-state index in [4.69, 9.17) is 11.6 Å². The van der Waals surface area contributed by atoms with E-state index in [1.165, 1.54) is 5.56 Å². The van der Waals surface area contributed by atoms with Gasteiger partial charge in [0.05, 0.1) is 11.6 Å². The van der Waals surface area contributed by atoms with Gasteiger partial charge in [0.15, 0.2) is 5.15 Å². The lowest BCUT2D eigenvalue weighted by molar-refractivity contribution is -0.124. The second-order valence-corrected chi connectivity index (χ2v) is 8.77. The monoisotopic (exact) mass is 469 g/mol. The highest BCUT2D eigenvalue weighted by molar-refractivity contribution is 7.80. The summed E-state index contributed by atoms with van der Waals surface area (Å²) in [7, 11) is 0. The molecule has 0 aliphatic carbocycles. The molecule has 0 saturated carbocycles. The first-order valence-electron chi connectivity index (χ1n) is 11.3. The average Bonchev–Trinajstić information content (AvgIpc) is 3.11. The van der Waals surface area contributed by atoms with E-state index >= 15 is 0 Å². The quantitative estimate of drug-likeness (QED) is 0.350. The number of aromatic nitrogens is 2. The largest absolute Gasteiger partial charge is 0.355 e. The Bertz CT molecular complexity index is 975. The van der Waals surface area contributed by atoms with Gasteiger partial charge in [0, 0.05) is 31.7 Å². The third kappa shape index (κ3) is 6.88. The first kappa shape index (κ1) is 24.4. The third-order valence-corrected chi connectivity index (χ3v) is 6.36. The van der Waals surface area contributed by atoms with Crippen molar-refractivity contribution in [3.05, 3.63) is 88.5 Å². The molecule has 0 aliphatic heterocycles. The molecule has 3 rings (SSSR count). The van der Waals surface area contributed by atoms with Crippen molar-refractivity contribution in [3.8, 4) is 0 Å². The predicted octanol–water partition coefficient (Wildman–Crippen LogP) is 5.37. The molecule has 0 spiro atoms. The van der Waals surface area contributed by atoms with Crippen LogP contribution < -0.4 is 5.32 Å². The fourth-order valence-corrected chi connectivity index (χ4v) is 4.40. The van der Waals surface area contributed by atoms with Gasteiger partial charge in [0.1, 0.15) is 5.82 Å². The van der Waals surface area contributed by atoms with Gasteiger partial charge in [-0.1, -0.05) is 85.6 Å². The number of hydrogen-bond acceptors (Lipinski definition) is 3. The molecule has 1 amide bonds. The summed E-state index contributed by atoms with van der Waals surface area (Å²) in [4.78, 5) is 17.4. The Hall–Kier alpha value is -2.24. The van der Waals surface area contributed by atoms with E-state index in [1.807, 2.05) is 48.5 Å². The SMILES string of the molecule is CCCCc1nc(Cl)c(CCNC(=O)C(CS)Cc2ccccc2)n1Cc1ccccc1. The number of aryl methyl sites for hydroxylation is 1. The smallest absolute Gasteiger partial charge is 0.224 e. The van der Waals surface area contributed by atoms with Crippen LogP contribution in [0, 0.1) is 5.92 Å². The number of unbranched alkanes of at least 4 members (excludes halogenated alkanes) is 1. The Morgan fingerprint density at radius 1 is 1.06 bits per heavy atom. The van der Waals surface area contributed by atoms with Crippen LogP contribution in [0.1, 0.15) is 42.4 Å². The number of carbonyl (C=O) groups is 1. The Morgan fingerprint density at radius 2 is 1.72 bits per heavy atom. The zero-order chi connectivity index (χ0) is 22.8. The van der Waals surface area contributed by atoms with Crippen molar-refractivity contribution < 1.29 is 4.79 Å². The van der Waals surface area contributed by atoms with Crippen molar-refractivity contribution in [2.75, 3.05) is 12.3 Å². The van der Waals surface area contributed by atoms with Crippen LogP contribution in [0.4, 0.5) is 0 Å². The Kier molecular flexibility index (Phi) is 9.69. The van der Waals surface area contributed by atoms with Gasteiger partial charge in [-0.15, -0.1) is 0 Å². The number of benzene rings is 2. The normalized spacial score (nSPS) is 12.0. The standard InChI is InChI=1S/C26H32ClN3OS/c1-2-3-14-24-29-25(27)23(30(24)18-21-12-8-5-9-13-21)15-16-28-26(31)22(19-32)17-20-10-6-4-7-11-20/h4-13,22,32H,2-3,14-19H2,1H3,(H,28,31). The molecule has 32 heavy (non-hydrogen) atoms. The molecule has 2 aromatic carbocycles. The highest BCUT2D eigenvalue weighted by Gasteiger charge is 2.19. The minimum Gasteiger partial charge on any atom is -0.355 e. The zero-order valence-corrected chi connectivity index (χ0v) is 20.3. The summed E-state index contributed by atoms with van der Waals surface area (Å²) in [6.07, 6.45) is 4.40. The van der Waals surface area contributed by atoms with Crippen molar-refractivity contribution >= 4 is 30.1 Å². The van der Waals surface area contributed by atoms with Gasteiger partial charge in [0.25, 0.3) is 0 Å². The van der Waals surface area contributed by atoms with Gasteiger partial charge in [-0.3, -0.25) is 4.79 Å². The molecule has 0 radical (unpaired) electrons. The molecule has 3 aromatic rings. The topological polar surface area (TPSA) is 46.9 Å². The van der Waals surface area contributed by atoms with E-state index in [0.29, 0.717) is 30.3 Å². The summed E-state index contributed by atoms with van der Waals surface area (Å²) in [5, 5.41) is 3.62. The van der Waals surface area contributed by atoms with Crippen molar-refractivity contribution in [1.82, 2.24) is 14.9 Å². The van der Waals surface area contributed by atoms with Gasteiger partial charge < -0.3 is 9.88 Å². The number of hydrogen-bond donors (Lipinski definition) is 2. The van der Waals surface area contributed by atoms with Crippen LogP contribution in [0.5, 0.6) is 0 Å². The summed E-state index contributed by atoms with van der Waals surface area (Å²) in [6.45, 7) is 3.43. The second kappa shape index (κ2) is 12.7. The number of imidazole rings is 1. The molecular formula is C26H32ClN3OS. The second-order valence-electron chi connectivity index (χ2n) is 8.05. The summed E-state index contributed by atoms with van der Waals surface area (Å²) >= 11 is 11.0. The molecule has 170 valence electrons. The number of rotatable bonds is 12. The van der Waals surface area contributed by atoms with E-state index in [0.717, 1.165) is 42.9 Å². The lowest BCUT2D eigenvalue weighted by Crippen LogP contribution is -2.34. The number of amides is 1. The number of nitrogens with one attached hydrogen (secondary N) is 1. The molecule has 4 nitrogen and oxygen atoms in total. The molecule has 1 aromatic heterocycles. The fourth-order valence-electron chi connectivity index (χ4n) is 3.81. The molecule has 0 aliphatic rings.